The smallest absolute Gasteiger partial charge is 0.0386 e. The predicted octanol–water partition coefficient (Wildman–Crippen LogP) is 2.93. The van der Waals surface area contributed by atoms with Crippen LogP contribution in [0.4, 0.5) is 0 Å². The van der Waals surface area contributed by atoms with Crippen molar-refractivity contribution in [3.63, 3.8) is 0 Å². The van der Waals surface area contributed by atoms with Crippen LogP contribution >= 0.6 is 0 Å². The first-order valence-electron chi connectivity index (χ1n) is 4.42. The van der Waals surface area contributed by atoms with Gasteiger partial charge >= 0.3 is 0 Å². The molecule has 1 aliphatic rings. The summed E-state index contributed by atoms with van der Waals surface area (Å²) >= 11 is 0. The Labute approximate surface area is 78.8 Å². The SMILES string of the molecule is C=C1NC=C(C)c2cc(C)ccc21. The Balaban J connectivity index is 2.66. The van der Waals surface area contributed by atoms with Crippen LogP contribution < -0.4 is 5.32 Å². The van der Waals surface area contributed by atoms with Gasteiger partial charge in [-0.05, 0) is 25.0 Å². The van der Waals surface area contributed by atoms with Crippen molar-refractivity contribution in [2.75, 3.05) is 0 Å². The summed E-state index contributed by atoms with van der Waals surface area (Å²) in [4.78, 5) is 0. The van der Waals surface area contributed by atoms with Crippen molar-refractivity contribution in [3.05, 3.63) is 47.7 Å². The minimum Gasteiger partial charge on any atom is -0.361 e. The molecule has 1 N–H and O–H groups in total. The lowest BCUT2D eigenvalue weighted by molar-refractivity contribution is 1.18. The fraction of sp³-hybridized carbons (Fsp3) is 0.167. The Bertz CT molecular complexity index is 400. The maximum Gasteiger partial charge on any atom is 0.0386 e. The van der Waals surface area contributed by atoms with Crippen molar-refractivity contribution in [2.24, 2.45) is 0 Å². The summed E-state index contributed by atoms with van der Waals surface area (Å²) in [5.74, 6) is 0. The lowest BCUT2D eigenvalue weighted by Crippen LogP contribution is -2.10. The number of fused-ring (bicyclic) bond motifs is 1. The third-order valence-corrected chi connectivity index (χ3v) is 2.39. The fourth-order valence-corrected chi connectivity index (χ4v) is 1.60. The van der Waals surface area contributed by atoms with Crippen LogP contribution in [0.2, 0.25) is 0 Å². The summed E-state index contributed by atoms with van der Waals surface area (Å²) in [5.41, 5.74) is 6.06. The molecule has 0 saturated heterocycles. The van der Waals surface area contributed by atoms with Crippen molar-refractivity contribution in [1.82, 2.24) is 5.32 Å². The van der Waals surface area contributed by atoms with Gasteiger partial charge in [0.05, 0.1) is 0 Å². The van der Waals surface area contributed by atoms with Gasteiger partial charge in [-0.25, -0.2) is 0 Å². The summed E-state index contributed by atoms with van der Waals surface area (Å²) in [6.07, 6.45) is 2.00. The summed E-state index contributed by atoms with van der Waals surface area (Å²) < 4.78 is 0. The highest BCUT2D eigenvalue weighted by Crippen LogP contribution is 2.27. The van der Waals surface area contributed by atoms with Crippen LogP contribution in [0.5, 0.6) is 0 Å². The predicted molar refractivity (Wildman–Crippen MR) is 57.0 cm³/mol. The Morgan fingerprint density at radius 2 is 1.92 bits per heavy atom. The lowest BCUT2D eigenvalue weighted by Gasteiger charge is -2.18. The minimum atomic E-state index is 0.987. The molecule has 1 heteroatoms. The van der Waals surface area contributed by atoms with Gasteiger partial charge in [-0.2, -0.15) is 0 Å². The van der Waals surface area contributed by atoms with Crippen molar-refractivity contribution < 1.29 is 0 Å². The molecule has 66 valence electrons. The zero-order valence-corrected chi connectivity index (χ0v) is 8.02. The van der Waals surface area contributed by atoms with Crippen LogP contribution in [0, 0.1) is 6.92 Å². The molecule has 1 nitrogen and oxygen atoms in total. The number of allylic oxidation sites excluding steroid dienone is 1. The molecule has 0 atom stereocenters. The molecular formula is C12H13N. The standard InChI is InChI=1S/C12H13N/c1-8-4-5-11-10(3)13-7-9(2)12(11)6-8/h4-7,13H,3H2,1-2H3. The quantitative estimate of drug-likeness (QED) is 0.633. The van der Waals surface area contributed by atoms with Crippen LogP contribution in [-0.2, 0) is 0 Å². The maximum absolute atomic E-state index is 3.96. The average Bonchev–Trinajstić information content (AvgIpc) is 2.12. The summed E-state index contributed by atoms with van der Waals surface area (Å²) in [6, 6.07) is 6.44. The van der Waals surface area contributed by atoms with Gasteiger partial charge in [-0.15, -0.1) is 0 Å². The fourth-order valence-electron chi connectivity index (χ4n) is 1.60. The topological polar surface area (TPSA) is 12.0 Å². The first kappa shape index (κ1) is 8.11. The third-order valence-electron chi connectivity index (χ3n) is 2.39. The molecule has 0 aromatic heterocycles. The Hall–Kier alpha value is -1.50. The van der Waals surface area contributed by atoms with E-state index in [0.717, 1.165) is 5.70 Å². The van der Waals surface area contributed by atoms with Crippen molar-refractivity contribution in [1.29, 1.82) is 0 Å². The second-order valence-corrected chi connectivity index (χ2v) is 3.50. The van der Waals surface area contributed by atoms with Crippen LogP contribution in [0.3, 0.4) is 0 Å². The van der Waals surface area contributed by atoms with Crippen molar-refractivity contribution >= 4 is 11.3 Å². The van der Waals surface area contributed by atoms with Crippen molar-refractivity contribution in [2.45, 2.75) is 13.8 Å². The number of hydrogen-bond acceptors (Lipinski definition) is 1. The largest absolute Gasteiger partial charge is 0.361 e. The van der Waals surface area contributed by atoms with E-state index in [9.17, 15) is 0 Å². The van der Waals surface area contributed by atoms with E-state index in [1.54, 1.807) is 0 Å². The molecule has 1 aromatic rings. The zero-order chi connectivity index (χ0) is 9.42. The number of nitrogens with one attached hydrogen (secondary N) is 1. The van der Waals surface area contributed by atoms with E-state index in [2.05, 4.69) is 43.9 Å². The third kappa shape index (κ3) is 1.26. The first-order chi connectivity index (χ1) is 6.18. The van der Waals surface area contributed by atoms with E-state index in [1.165, 1.54) is 22.3 Å². The molecule has 0 amide bonds. The molecule has 0 unspecified atom stereocenters. The highest BCUT2D eigenvalue weighted by molar-refractivity contribution is 5.82. The summed E-state index contributed by atoms with van der Waals surface area (Å²) in [6.45, 7) is 8.18. The average molecular weight is 171 g/mol. The minimum absolute atomic E-state index is 0.987. The zero-order valence-electron chi connectivity index (χ0n) is 8.02. The molecule has 0 aliphatic carbocycles. The Kier molecular flexibility index (Phi) is 1.73. The van der Waals surface area contributed by atoms with Gasteiger partial charge in [0.1, 0.15) is 0 Å². The number of hydrogen-bond donors (Lipinski definition) is 1. The van der Waals surface area contributed by atoms with E-state index in [-0.39, 0.29) is 0 Å². The van der Waals surface area contributed by atoms with Gasteiger partial charge in [0.2, 0.25) is 0 Å². The van der Waals surface area contributed by atoms with E-state index in [4.69, 9.17) is 0 Å². The van der Waals surface area contributed by atoms with E-state index in [1.807, 2.05) is 6.20 Å². The Morgan fingerprint density at radius 3 is 2.69 bits per heavy atom. The lowest BCUT2D eigenvalue weighted by atomic mass is 9.95. The van der Waals surface area contributed by atoms with E-state index in [0.29, 0.717) is 0 Å². The molecule has 1 heterocycles. The second kappa shape index (κ2) is 2.77. The van der Waals surface area contributed by atoms with E-state index < -0.39 is 0 Å². The molecule has 0 fully saturated rings. The van der Waals surface area contributed by atoms with E-state index >= 15 is 0 Å². The van der Waals surface area contributed by atoms with Crippen molar-refractivity contribution in [3.8, 4) is 0 Å². The molecule has 0 saturated carbocycles. The van der Waals surface area contributed by atoms with Gasteiger partial charge in [0, 0.05) is 17.5 Å². The molecule has 0 bridgehead atoms. The Morgan fingerprint density at radius 1 is 1.15 bits per heavy atom. The molecule has 1 aromatic carbocycles. The first-order valence-corrected chi connectivity index (χ1v) is 4.42. The number of benzene rings is 1. The van der Waals surface area contributed by atoms with Gasteiger partial charge in [-0.3, -0.25) is 0 Å². The number of rotatable bonds is 0. The molecular weight excluding hydrogens is 158 g/mol. The molecule has 2 rings (SSSR count). The van der Waals surface area contributed by atoms with Crippen LogP contribution in [0.1, 0.15) is 23.6 Å². The number of aryl methyl sites for hydroxylation is 1. The maximum atomic E-state index is 3.96. The monoisotopic (exact) mass is 171 g/mol. The van der Waals surface area contributed by atoms with Gasteiger partial charge in [0.15, 0.2) is 0 Å². The van der Waals surface area contributed by atoms with Crippen LogP contribution in [0.25, 0.3) is 11.3 Å². The van der Waals surface area contributed by atoms with Gasteiger partial charge in [0.25, 0.3) is 0 Å². The highest BCUT2D eigenvalue weighted by atomic mass is 14.9. The van der Waals surface area contributed by atoms with Crippen LogP contribution in [0.15, 0.2) is 31.0 Å². The van der Waals surface area contributed by atoms with Gasteiger partial charge < -0.3 is 5.32 Å². The van der Waals surface area contributed by atoms with Gasteiger partial charge in [-0.1, -0.05) is 30.3 Å². The molecule has 0 spiro atoms. The molecule has 0 radical (unpaired) electrons. The highest BCUT2D eigenvalue weighted by Gasteiger charge is 2.11. The summed E-state index contributed by atoms with van der Waals surface area (Å²) in [7, 11) is 0. The molecule has 13 heavy (non-hydrogen) atoms. The summed E-state index contributed by atoms with van der Waals surface area (Å²) in [5, 5.41) is 3.15. The normalized spacial score (nSPS) is 14.6. The molecule has 1 aliphatic heterocycles. The van der Waals surface area contributed by atoms with Crippen LogP contribution in [-0.4, -0.2) is 0 Å². The second-order valence-electron chi connectivity index (χ2n) is 3.50.